The molecular weight excluding hydrogens is 904 g/mol. The SMILES string of the molecule is CC/C=C\C/C=C\C/C=C\C/C=C\C/C=C\C/C=C\C/C=C\C/C=C\C/C=C\C/C=C\CCCCCCC(=O)NC(COP(=O)([O-])OCC[N+](C)(C)C)C(O)C(O)CCC/C=C/CC/C=C/CCCCC. The summed E-state index contributed by atoms with van der Waals surface area (Å²) in [5, 5.41) is 24.6. The summed E-state index contributed by atoms with van der Waals surface area (Å²) in [6, 6.07) is -1.12. The van der Waals surface area contributed by atoms with Gasteiger partial charge in [-0.05, 0) is 128 Å². The Balaban J connectivity index is 4.35. The molecule has 3 N–H and O–H groups in total. The third-order valence-corrected chi connectivity index (χ3v) is 12.1. The van der Waals surface area contributed by atoms with Gasteiger partial charge in [-0.3, -0.25) is 9.36 Å². The normalized spacial score (nSPS) is 15.5. The first kappa shape index (κ1) is 67.3. The maximum absolute atomic E-state index is 13.0. The summed E-state index contributed by atoms with van der Waals surface area (Å²) in [6.45, 7) is 4.21. The van der Waals surface area contributed by atoms with E-state index in [1.54, 1.807) is 0 Å². The highest BCUT2D eigenvalue weighted by molar-refractivity contribution is 7.45. The van der Waals surface area contributed by atoms with E-state index in [1.165, 1.54) is 19.3 Å². The molecule has 0 saturated heterocycles. The van der Waals surface area contributed by atoms with Gasteiger partial charge in [-0.15, -0.1) is 0 Å². The van der Waals surface area contributed by atoms with Crippen LogP contribution >= 0.6 is 7.82 Å². The van der Waals surface area contributed by atoms with Gasteiger partial charge >= 0.3 is 0 Å². The van der Waals surface area contributed by atoms with Crippen LogP contribution in [0.15, 0.2) is 146 Å². The van der Waals surface area contributed by atoms with Gasteiger partial charge in [-0.1, -0.05) is 185 Å². The molecule has 1 amide bonds. The van der Waals surface area contributed by atoms with Gasteiger partial charge in [0, 0.05) is 6.42 Å². The lowest BCUT2D eigenvalue weighted by atomic mass is 10.0. The Morgan fingerprint density at radius 2 is 0.901 bits per heavy atom. The first-order valence-corrected chi connectivity index (χ1v) is 28.7. The minimum Gasteiger partial charge on any atom is -0.756 e. The van der Waals surface area contributed by atoms with Crippen molar-refractivity contribution in [3.8, 4) is 0 Å². The maximum Gasteiger partial charge on any atom is 0.268 e. The van der Waals surface area contributed by atoms with Crippen molar-refractivity contribution in [3.63, 3.8) is 0 Å². The van der Waals surface area contributed by atoms with Crippen molar-refractivity contribution in [3.05, 3.63) is 146 Å². The number of allylic oxidation sites excluding steroid dienone is 24. The first-order valence-electron chi connectivity index (χ1n) is 27.3. The molecule has 0 aromatic rings. The zero-order chi connectivity index (χ0) is 52.2. The number of nitrogens with zero attached hydrogens (tertiary/aromatic N) is 1. The van der Waals surface area contributed by atoms with Crippen LogP contribution in [0.4, 0.5) is 0 Å². The molecule has 0 rings (SSSR count). The predicted octanol–water partition coefficient (Wildman–Crippen LogP) is 14.9. The van der Waals surface area contributed by atoms with Crippen molar-refractivity contribution in [2.24, 2.45) is 0 Å². The Bertz CT molecular complexity index is 1680. The molecule has 0 aromatic carbocycles. The number of rotatable bonds is 47. The number of carbonyl (C=O) groups excluding carboxylic acids is 1. The zero-order valence-electron chi connectivity index (χ0n) is 45.2. The molecule has 0 aliphatic rings. The highest BCUT2D eigenvalue weighted by Crippen LogP contribution is 2.38. The Hall–Kier alpha value is -3.66. The quantitative estimate of drug-likeness (QED) is 0.0240. The number of unbranched alkanes of at least 4 members (excludes halogenated alkanes) is 9. The van der Waals surface area contributed by atoms with E-state index in [0.29, 0.717) is 23.9 Å². The van der Waals surface area contributed by atoms with Crippen molar-refractivity contribution < 1.29 is 38.0 Å². The van der Waals surface area contributed by atoms with E-state index < -0.39 is 32.7 Å². The average molecular weight is 1010 g/mol. The van der Waals surface area contributed by atoms with Crippen LogP contribution in [-0.4, -0.2) is 79.8 Å². The molecule has 402 valence electrons. The molecule has 10 heteroatoms. The molecular formula is C61H101N2O7P. The molecule has 0 saturated carbocycles. The number of likely N-dealkylation sites (N-methyl/N-ethyl adjacent to an activating group) is 1. The molecule has 0 fully saturated rings. The van der Waals surface area contributed by atoms with Crippen LogP contribution in [0.1, 0.15) is 174 Å². The van der Waals surface area contributed by atoms with E-state index in [1.807, 2.05) is 21.1 Å². The molecule has 0 aromatic heterocycles. The summed E-state index contributed by atoms with van der Waals surface area (Å²) >= 11 is 0. The van der Waals surface area contributed by atoms with Crippen LogP contribution in [0.5, 0.6) is 0 Å². The van der Waals surface area contributed by atoms with E-state index in [4.69, 9.17) is 9.05 Å². The topological polar surface area (TPSA) is 128 Å². The monoisotopic (exact) mass is 1000 g/mol. The van der Waals surface area contributed by atoms with Crippen molar-refractivity contribution in [2.45, 2.75) is 193 Å². The fourth-order valence-electron chi connectivity index (χ4n) is 6.82. The number of nitrogens with one attached hydrogen (secondary N) is 1. The smallest absolute Gasteiger partial charge is 0.268 e. The molecule has 0 radical (unpaired) electrons. The van der Waals surface area contributed by atoms with Crippen LogP contribution < -0.4 is 10.2 Å². The molecule has 0 heterocycles. The summed E-state index contributed by atoms with van der Waals surface area (Å²) in [4.78, 5) is 25.5. The largest absolute Gasteiger partial charge is 0.756 e. The number of aliphatic hydroxyl groups excluding tert-OH is 2. The molecule has 0 aliphatic heterocycles. The van der Waals surface area contributed by atoms with Crippen LogP contribution in [0.3, 0.4) is 0 Å². The van der Waals surface area contributed by atoms with Crippen LogP contribution in [0, 0.1) is 0 Å². The summed E-state index contributed by atoms with van der Waals surface area (Å²) < 4.78 is 23.2. The van der Waals surface area contributed by atoms with Crippen molar-refractivity contribution >= 4 is 13.7 Å². The number of aliphatic hydroxyl groups is 2. The van der Waals surface area contributed by atoms with Crippen LogP contribution in [0.2, 0.25) is 0 Å². The van der Waals surface area contributed by atoms with Crippen LogP contribution in [-0.2, 0) is 18.4 Å². The van der Waals surface area contributed by atoms with Gasteiger partial charge in [0.25, 0.3) is 7.82 Å². The predicted molar refractivity (Wildman–Crippen MR) is 303 cm³/mol. The van der Waals surface area contributed by atoms with Crippen molar-refractivity contribution in [2.75, 3.05) is 40.9 Å². The van der Waals surface area contributed by atoms with Gasteiger partial charge < -0.3 is 34.0 Å². The van der Waals surface area contributed by atoms with E-state index in [0.717, 1.165) is 116 Å². The highest BCUT2D eigenvalue weighted by atomic mass is 31.2. The van der Waals surface area contributed by atoms with E-state index in [9.17, 15) is 24.5 Å². The number of amides is 1. The molecule has 4 unspecified atom stereocenters. The average Bonchev–Trinajstić information content (AvgIpc) is 3.33. The summed E-state index contributed by atoms with van der Waals surface area (Å²) in [5.74, 6) is -0.325. The number of carbonyl (C=O) groups is 1. The second kappa shape index (κ2) is 49.9. The molecule has 0 bridgehead atoms. The van der Waals surface area contributed by atoms with Gasteiger partial charge in [0.15, 0.2) is 0 Å². The fraction of sp³-hybridized carbons (Fsp3) is 0.590. The lowest BCUT2D eigenvalue weighted by Crippen LogP contribution is -2.51. The maximum atomic E-state index is 13.0. The Morgan fingerprint density at radius 3 is 1.34 bits per heavy atom. The minimum absolute atomic E-state index is 0.0628. The number of phosphoric acid groups is 1. The lowest BCUT2D eigenvalue weighted by Gasteiger charge is -2.31. The third-order valence-electron chi connectivity index (χ3n) is 11.1. The molecule has 71 heavy (non-hydrogen) atoms. The highest BCUT2D eigenvalue weighted by Gasteiger charge is 2.29. The summed E-state index contributed by atoms with van der Waals surface area (Å²) in [6.07, 6.45) is 73.4. The van der Waals surface area contributed by atoms with E-state index in [2.05, 4.69) is 165 Å². The Morgan fingerprint density at radius 1 is 0.521 bits per heavy atom. The van der Waals surface area contributed by atoms with Gasteiger partial charge in [0.1, 0.15) is 19.3 Å². The number of hydrogen-bond donors (Lipinski definition) is 3. The Kier molecular flexibility index (Phi) is 47.3. The van der Waals surface area contributed by atoms with Crippen molar-refractivity contribution in [1.29, 1.82) is 0 Å². The van der Waals surface area contributed by atoms with E-state index >= 15 is 0 Å². The zero-order valence-corrected chi connectivity index (χ0v) is 46.1. The first-order chi connectivity index (χ1) is 34.4. The second-order valence-corrected chi connectivity index (χ2v) is 20.4. The third kappa shape index (κ3) is 51.1. The molecule has 0 spiro atoms. The number of hydrogen-bond acceptors (Lipinski definition) is 7. The van der Waals surface area contributed by atoms with E-state index in [-0.39, 0.29) is 25.4 Å². The fourth-order valence-corrected chi connectivity index (χ4v) is 7.55. The second-order valence-electron chi connectivity index (χ2n) is 19.0. The molecule has 0 aliphatic carbocycles. The van der Waals surface area contributed by atoms with Crippen LogP contribution in [0.25, 0.3) is 0 Å². The summed E-state index contributed by atoms with van der Waals surface area (Å²) in [7, 11) is 1.05. The Labute approximate surface area is 434 Å². The number of phosphoric ester groups is 1. The van der Waals surface area contributed by atoms with Gasteiger partial charge in [0.05, 0.1) is 39.9 Å². The standard InChI is InChI=1S/C61H101N2O7P/c1-6-8-10-12-14-16-18-20-21-22-23-24-25-26-27-28-29-30-31-32-33-34-35-36-37-38-39-40-41-42-44-46-48-50-52-54-60(65)62-58(57-70-71(67,68)69-56-55-63(3,4)5)61(66)59(64)53-51-49-47-45-43-19-17-15-13-11-9-7-2/h8,10,14-17,20-21,23-24,26-27,29-30,32-33,35-36,38-39,41-42,45,47,58-59,61,64,66H,6-7,9,11-13,18-19,22,25,28,31,34,37,40,43-44,46,48-57H2,1-5H3,(H-,62,65,67,68)/b10-8-,16-14-,17-15+,21-20-,24-23-,27-26-,30-29-,33-32-,36-35-,39-38-,42-41-,47-45+. The van der Waals surface area contributed by atoms with Gasteiger partial charge in [-0.25, -0.2) is 0 Å². The number of quaternary nitrogens is 1. The van der Waals surface area contributed by atoms with Gasteiger partial charge in [0.2, 0.25) is 5.91 Å². The molecule has 4 atom stereocenters. The molecule has 9 nitrogen and oxygen atoms in total. The van der Waals surface area contributed by atoms with Crippen molar-refractivity contribution in [1.82, 2.24) is 5.32 Å². The van der Waals surface area contributed by atoms with Gasteiger partial charge in [-0.2, -0.15) is 0 Å². The minimum atomic E-state index is -4.70. The summed E-state index contributed by atoms with van der Waals surface area (Å²) in [5.41, 5.74) is 0. The lowest BCUT2D eigenvalue weighted by molar-refractivity contribution is -0.870.